The van der Waals surface area contributed by atoms with E-state index in [2.05, 4.69) is 48.4 Å². The fourth-order valence-electron chi connectivity index (χ4n) is 15.0. The van der Waals surface area contributed by atoms with Gasteiger partial charge in [-0.05, 0) is 211 Å². The number of carbonyl (C=O) groups excluding carboxylic acids is 10. The van der Waals surface area contributed by atoms with Crippen molar-refractivity contribution in [3.63, 3.8) is 0 Å². The first kappa shape index (κ1) is 125. The molecule has 22 N–H and O–H groups in total. The van der Waals surface area contributed by atoms with Gasteiger partial charge in [-0.15, -0.1) is 0 Å². The number of aliphatic carboxylic acids is 3. The van der Waals surface area contributed by atoms with Crippen molar-refractivity contribution in [2.75, 3.05) is 46.4 Å². The number of imidazole rings is 1. The average molecular weight is 1930 g/mol. The van der Waals surface area contributed by atoms with Gasteiger partial charge in [-0.1, -0.05) is 137 Å². The van der Waals surface area contributed by atoms with Gasteiger partial charge in [0.05, 0.1) is 60.8 Å². The summed E-state index contributed by atoms with van der Waals surface area (Å²) in [6, 6.07) is 8.45. The molecule has 0 saturated heterocycles. The van der Waals surface area contributed by atoms with E-state index in [9.17, 15) is 82.1 Å². The molecule has 35 heteroatoms. The number of aromatic nitrogens is 2. The summed E-state index contributed by atoms with van der Waals surface area (Å²) in [6.45, 7) is 15.9. The Hall–Kier alpha value is -10.2. The highest BCUT2D eigenvalue weighted by molar-refractivity contribution is 5.92. The van der Waals surface area contributed by atoms with Crippen LogP contribution in [0.4, 0.5) is 0 Å². The van der Waals surface area contributed by atoms with Crippen molar-refractivity contribution in [1.82, 2.24) is 41.9 Å². The zero-order chi connectivity index (χ0) is 102. The van der Waals surface area contributed by atoms with Crippen molar-refractivity contribution in [1.29, 1.82) is 0 Å². The fourth-order valence-corrected chi connectivity index (χ4v) is 15.0. The van der Waals surface area contributed by atoms with Crippen molar-refractivity contribution in [2.24, 2.45) is 45.9 Å². The number of carboxylic acids is 5. The van der Waals surface area contributed by atoms with E-state index < -0.39 is 77.4 Å². The number of ether oxygens (including phenoxy) is 2. The first-order valence-corrected chi connectivity index (χ1v) is 50.0. The van der Waals surface area contributed by atoms with Crippen molar-refractivity contribution < 1.29 is 107 Å². The van der Waals surface area contributed by atoms with Gasteiger partial charge in [0.15, 0.2) is 5.78 Å². The Balaban J connectivity index is 0.00000116. The Morgan fingerprint density at radius 1 is 0.416 bits per heavy atom. The molecule has 3 rings (SSSR count). The van der Waals surface area contributed by atoms with E-state index in [1.165, 1.54) is 31.2 Å². The molecule has 1 unspecified atom stereocenters. The summed E-state index contributed by atoms with van der Waals surface area (Å²) in [6.07, 6.45) is 35.4. The quantitative estimate of drug-likeness (QED) is 0.0233. The maximum absolute atomic E-state index is 12.5. The van der Waals surface area contributed by atoms with Crippen molar-refractivity contribution in [3.8, 4) is 11.5 Å². The van der Waals surface area contributed by atoms with Crippen LogP contribution < -0.4 is 70.0 Å². The van der Waals surface area contributed by atoms with E-state index in [-0.39, 0.29) is 126 Å². The predicted molar refractivity (Wildman–Crippen MR) is 529 cm³/mol. The number of ketones is 6. The Morgan fingerprint density at radius 2 is 0.839 bits per heavy atom. The molecule has 0 aliphatic rings. The molecule has 0 spiro atoms. The first-order valence-electron chi connectivity index (χ1n) is 50.0. The molecule has 0 fully saturated rings. The number of benzene rings is 2. The van der Waals surface area contributed by atoms with Crippen LogP contribution in [0.1, 0.15) is 363 Å². The highest BCUT2D eigenvalue weighted by atomic mass is 16.5. The number of aromatic amines is 1. The summed E-state index contributed by atoms with van der Waals surface area (Å²) in [5.41, 5.74) is 31.6. The van der Waals surface area contributed by atoms with Crippen LogP contribution in [0.2, 0.25) is 0 Å². The second-order valence-corrected chi connectivity index (χ2v) is 36.7. The number of carboxylic acid groups (broad SMARTS) is 5. The van der Waals surface area contributed by atoms with Gasteiger partial charge < -0.3 is 101 Å². The number of Topliss-reactive ketones (excluding diaryl/α,β-unsaturated/α-hetero) is 6. The Labute approximate surface area is 812 Å². The molecule has 1 heterocycles. The second kappa shape index (κ2) is 76.7. The van der Waals surface area contributed by atoms with Gasteiger partial charge in [-0.2, -0.15) is 0 Å². The molecule has 0 radical (unpaired) electrons. The lowest BCUT2D eigenvalue weighted by molar-refractivity contribution is -0.144. The van der Waals surface area contributed by atoms with E-state index in [0.717, 1.165) is 172 Å². The summed E-state index contributed by atoms with van der Waals surface area (Å²) in [4.78, 5) is 185. The Morgan fingerprint density at radius 3 is 1.29 bits per heavy atom. The third kappa shape index (κ3) is 63.8. The number of nitrogens with two attached hydrogens (primary N) is 5. The maximum atomic E-state index is 12.5. The second-order valence-electron chi connectivity index (χ2n) is 36.7. The first-order chi connectivity index (χ1) is 65.3. The van der Waals surface area contributed by atoms with Crippen LogP contribution in [0.25, 0.3) is 0 Å². The lowest BCUT2D eigenvalue weighted by atomic mass is 9.82. The largest absolute Gasteiger partial charge is 0.494 e. The number of H-pyrrole nitrogens is 1. The highest BCUT2D eigenvalue weighted by Crippen LogP contribution is 2.25. The standard InChI is InChI=1S/C46H76N4O10.C44H74N6O10.C12H19N3O2/c1-3-35(34(2)51)19-14-16-31-50-44(55)41(48)22-12-10-13-23-42(53)40(47)21-15-17-30-49-43(54)29-26-37(46(58)59)33-38(52)20-11-8-6-4-5-7-9-18-32-60-39-27-24-36(25-28-39)45(56)57;1-32(48-29-16-14-21-38(47-2)43(56)57)36(45)19-13-15-30-49-41(53)37(46)20-11-9-10-18-34(51)25-28-39(44(58)59)50-40(52)22-12-7-5-3-4-6-8-17-31-60-35-26-23-33(24-27-35)42(54)55;1-8(16)12(2,3)5-11(17)10(13)4-9-6-14-7-15-9/h24-25,27-28,35,37,40-41H,3-23,26,29-33,47-48H2,1-2H3,(H,49,54)(H,50,55)(H,56,57)(H,58,59);23-24,26-27,36-39,47-48H,1,3-22,25,28-31,45-46H2,2H3,(H,49,53)(H,50,52)(H,54,55)(H,56,57)(H,58,59);6-7,10H,4-5,13H2,1-3H3,(H,14,15)/t35-,37+,40-,41-;36-,37-,38-,39-;/m00./s1. The van der Waals surface area contributed by atoms with Crippen LogP contribution in [0, 0.1) is 17.3 Å². The summed E-state index contributed by atoms with van der Waals surface area (Å²) < 4.78 is 11.3. The number of nitrogens with zero attached hydrogens (tertiary/aromatic N) is 1. The molecule has 35 nitrogen and oxygen atoms in total. The van der Waals surface area contributed by atoms with Gasteiger partial charge >= 0.3 is 29.8 Å². The van der Waals surface area contributed by atoms with Gasteiger partial charge in [0, 0.05) is 119 Å². The van der Waals surface area contributed by atoms with Crippen LogP contribution in [-0.2, 0) is 68.7 Å². The van der Waals surface area contributed by atoms with Crippen LogP contribution in [0.3, 0.4) is 0 Å². The minimum absolute atomic E-state index is 0.000379. The molecule has 137 heavy (non-hydrogen) atoms. The number of hydrogen-bond donors (Lipinski definition) is 17. The molecular weight excluding hydrogens is 1760 g/mol. The number of rotatable bonds is 84. The Bertz CT molecular complexity index is 3770. The lowest BCUT2D eigenvalue weighted by Gasteiger charge is -2.21. The SMILES string of the molecule is C=C(NCCCC[C@H](NC)C(=O)O)[C@@H](N)CCCCNC(=O)[C@@H](N)CCCCCC(=O)CC[C@H](NC(=O)CCCCCCCCCCOc1ccc(C(=O)O)cc1)C(=O)O.CC(=O)C(C)(C)CC(=O)C(N)Cc1cnc[nH]1.CC[C@@H](CCCCNC(=O)[C@@H](N)CCCCCC(=O)[C@@H](N)CCCCNC(=O)CC[C@H](CC(=O)CCCCCCCCCCOc1ccc(C(=O)O)cc1)C(=O)O)C(C)=O. The summed E-state index contributed by atoms with van der Waals surface area (Å²) in [7, 11) is 1.64. The smallest absolute Gasteiger partial charge is 0.335 e. The zero-order valence-electron chi connectivity index (χ0n) is 82.9. The number of likely N-dealkylation sites (N-methyl/N-ethyl adjacent to an activating group) is 1. The van der Waals surface area contributed by atoms with Crippen LogP contribution in [0.5, 0.6) is 11.5 Å². The van der Waals surface area contributed by atoms with Gasteiger partial charge in [0.2, 0.25) is 23.6 Å². The molecule has 2 aromatic carbocycles. The molecule has 774 valence electrons. The van der Waals surface area contributed by atoms with Gasteiger partial charge in [-0.25, -0.2) is 19.4 Å². The molecule has 0 bridgehead atoms. The monoisotopic (exact) mass is 1930 g/mol. The minimum atomic E-state index is -1.16. The molecule has 1 aromatic heterocycles. The van der Waals surface area contributed by atoms with E-state index >= 15 is 0 Å². The number of hydrogen-bond acceptors (Lipinski definition) is 25. The normalized spacial score (nSPS) is 13.1. The summed E-state index contributed by atoms with van der Waals surface area (Å²) in [5, 5.41) is 63.3. The molecule has 0 aliphatic heterocycles. The summed E-state index contributed by atoms with van der Waals surface area (Å²) in [5.74, 6) is -5.53. The van der Waals surface area contributed by atoms with Gasteiger partial charge in [0.1, 0.15) is 52.5 Å². The number of nitrogens with one attached hydrogen (secondary N) is 7. The average Bonchev–Trinajstić information content (AvgIpc) is 1.86. The van der Waals surface area contributed by atoms with Crippen molar-refractivity contribution in [2.45, 2.75) is 385 Å². The molecular formula is C102H169N13O22. The lowest BCUT2D eigenvalue weighted by Crippen LogP contribution is -2.41. The van der Waals surface area contributed by atoms with Crippen molar-refractivity contribution >= 4 is 88.2 Å². The predicted octanol–water partition coefficient (Wildman–Crippen LogP) is 13.0. The van der Waals surface area contributed by atoms with Gasteiger partial charge in [-0.3, -0.25) is 57.5 Å². The number of carbonyl (C=O) groups is 15. The fraction of sp³-hybridized carbons (Fsp3) is 0.686. The molecule has 0 aliphatic carbocycles. The van der Waals surface area contributed by atoms with Crippen LogP contribution >= 0.6 is 0 Å². The van der Waals surface area contributed by atoms with Gasteiger partial charge in [0.25, 0.3) is 0 Å². The van der Waals surface area contributed by atoms with E-state index in [1.54, 1.807) is 64.6 Å². The number of unbranched alkanes of at least 4 members (excludes halogenated alkanes) is 22. The molecule has 9 atom stereocenters. The zero-order valence-corrected chi connectivity index (χ0v) is 82.9. The Kier molecular flexibility index (Phi) is 69.9. The van der Waals surface area contributed by atoms with Crippen molar-refractivity contribution in [3.05, 3.63) is 90.2 Å². The topological polar surface area (TPSA) is 607 Å². The van der Waals surface area contributed by atoms with E-state index in [1.807, 2.05) is 6.92 Å². The minimum Gasteiger partial charge on any atom is -0.494 e. The third-order valence-electron chi connectivity index (χ3n) is 24.5. The highest BCUT2D eigenvalue weighted by Gasteiger charge is 2.31. The molecule has 0 saturated carbocycles. The van der Waals surface area contributed by atoms with E-state index in [4.69, 9.17) is 53.5 Å². The van der Waals surface area contributed by atoms with Crippen LogP contribution in [-0.4, -0.2) is 212 Å². The van der Waals surface area contributed by atoms with E-state index in [0.29, 0.717) is 154 Å². The number of aromatic carboxylic acids is 2. The maximum Gasteiger partial charge on any atom is 0.335 e. The number of amides is 4. The molecule has 4 amide bonds. The summed E-state index contributed by atoms with van der Waals surface area (Å²) >= 11 is 0. The molecule has 3 aromatic rings. The van der Waals surface area contributed by atoms with Crippen LogP contribution in [0.15, 0.2) is 73.3 Å². The third-order valence-corrected chi connectivity index (χ3v) is 24.5.